The van der Waals surface area contributed by atoms with Crippen LogP contribution >= 0.6 is 0 Å². The summed E-state index contributed by atoms with van der Waals surface area (Å²) in [5.74, 6) is 3.42. The van der Waals surface area contributed by atoms with Crippen molar-refractivity contribution in [1.82, 2.24) is 15.5 Å². The highest BCUT2D eigenvalue weighted by Crippen LogP contribution is 2.34. The van der Waals surface area contributed by atoms with Gasteiger partial charge < -0.3 is 9.84 Å². The summed E-state index contributed by atoms with van der Waals surface area (Å²) in [6.45, 7) is 6.67. The highest BCUT2D eigenvalue weighted by molar-refractivity contribution is 5.02. The molecule has 2 atom stereocenters. The van der Waals surface area contributed by atoms with E-state index in [1.54, 1.807) is 0 Å². The maximum Gasteiger partial charge on any atom is 0.231 e. The summed E-state index contributed by atoms with van der Waals surface area (Å²) in [4.78, 5) is 4.68. The smallest absolute Gasteiger partial charge is 0.231 e. The SMILES string of the molecule is CCC(c1nc(C2CCC(C)CC2)no1)C(C)NC. The molecule has 1 aromatic heterocycles. The van der Waals surface area contributed by atoms with Crippen LogP contribution < -0.4 is 5.32 Å². The fourth-order valence-corrected chi connectivity index (χ4v) is 3.03. The summed E-state index contributed by atoms with van der Waals surface area (Å²) >= 11 is 0. The lowest BCUT2D eigenvalue weighted by Gasteiger charge is -2.23. The number of aromatic nitrogens is 2. The summed E-state index contributed by atoms with van der Waals surface area (Å²) in [5, 5.41) is 7.52. The summed E-state index contributed by atoms with van der Waals surface area (Å²) in [7, 11) is 1.98. The van der Waals surface area contributed by atoms with Crippen LogP contribution in [0.3, 0.4) is 0 Å². The first-order valence-corrected chi connectivity index (χ1v) is 7.66. The summed E-state index contributed by atoms with van der Waals surface area (Å²) in [6.07, 6.45) is 6.01. The summed E-state index contributed by atoms with van der Waals surface area (Å²) < 4.78 is 5.52. The fourth-order valence-electron chi connectivity index (χ4n) is 3.03. The second-order valence-corrected chi connectivity index (χ2v) is 6.04. The van der Waals surface area contributed by atoms with Gasteiger partial charge in [0.1, 0.15) is 0 Å². The van der Waals surface area contributed by atoms with Gasteiger partial charge in [-0.25, -0.2) is 0 Å². The van der Waals surface area contributed by atoms with E-state index in [2.05, 4.69) is 36.2 Å². The summed E-state index contributed by atoms with van der Waals surface area (Å²) in [6, 6.07) is 0.365. The van der Waals surface area contributed by atoms with Crippen LogP contribution in [0, 0.1) is 5.92 Å². The van der Waals surface area contributed by atoms with Gasteiger partial charge in [0.25, 0.3) is 0 Å². The topological polar surface area (TPSA) is 51.0 Å². The van der Waals surface area contributed by atoms with Gasteiger partial charge in [-0.05, 0) is 39.2 Å². The Balaban J connectivity index is 2.05. The van der Waals surface area contributed by atoms with E-state index < -0.39 is 0 Å². The van der Waals surface area contributed by atoms with Crippen LogP contribution in [0.2, 0.25) is 0 Å². The van der Waals surface area contributed by atoms with E-state index in [4.69, 9.17) is 4.52 Å². The van der Waals surface area contributed by atoms with E-state index in [1.165, 1.54) is 25.7 Å². The molecule has 19 heavy (non-hydrogen) atoms. The molecule has 0 amide bonds. The van der Waals surface area contributed by atoms with Crippen molar-refractivity contribution in [2.75, 3.05) is 7.05 Å². The zero-order chi connectivity index (χ0) is 13.8. The Morgan fingerprint density at radius 3 is 2.58 bits per heavy atom. The third kappa shape index (κ3) is 3.35. The van der Waals surface area contributed by atoms with Gasteiger partial charge in [0.05, 0.1) is 5.92 Å². The van der Waals surface area contributed by atoms with Crippen molar-refractivity contribution in [3.63, 3.8) is 0 Å². The minimum atomic E-state index is 0.314. The van der Waals surface area contributed by atoms with Crippen molar-refractivity contribution in [2.24, 2.45) is 5.92 Å². The molecule has 4 nitrogen and oxygen atoms in total. The molecule has 0 bridgehead atoms. The number of nitrogens with zero attached hydrogens (tertiary/aromatic N) is 2. The maximum atomic E-state index is 5.52. The second kappa shape index (κ2) is 6.51. The number of hydrogen-bond acceptors (Lipinski definition) is 4. The van der Waals surface area contributed by atoms with Gasteiger partial charge in [-0.2, -0.15) is 4.98 Å². The molecule has 1 heterocycles. The quantitative estimate of drug-likeness (QED) is 0.885. The van der Waals surface area contributed by atoms with Crippen molar-refractivity contribution in [2.45, 2.75) is 70.8 Å². The molecule has 1 aliphatic carbocycles. The molecule has 108 valence electrons. The molecule has 0 spiro atoms. The first kappa shape index (κ1) is 14.5. The molecule has 1 aliphatic rings. The molecule has 0 aromatic carbocycles. The van der Waals surface area contributed by atoms with Crippen molar-refractivity contribution in [3.05, 3.63) is 11.7 Å². The lowest BCUT2D eigenvalue weighted by molar-refractivity contribution is 0.307. The zero-order valence-electron chi connectivity index (χ0n) is 12.6. The average Bonchev–Trinajstić information content (AvgIpc) is 2.89. The van der Waals surface area contributed by atoms with Crippen LogP contribution in [0.25, 0.3) is 0 Å². The van der Waals surface area contributed by atoms with Gasteiger partial charge in [-0.3, -0.25) is 0 Å². The van der Waals surface area contributed by atoms with Gasteiger partial charge in [0.15, 0.2) is 5.82 Å². The molecule has 1 N–H and O–H groups in total. The van der Waals surface area contributed by atoms with Crippen molar-refractivity contribution in [3.8, 4) is 0 Å². The zero-order valence-corrected chi connectivity index (χ0v) is 12.6. The molecule has 1 aromatic rings. The van der Waals surface area contributed by atoms with E-state index in [-0.39, 0.29) is 0 Å². The normalized spacial score (nSPS) is 27.2. The molecule has 1 fully saturated rings. The van der Waals surface area contributed by atoms with Gasteiger partial charge in [0, 0.05) is 12.0 Å². The van der Waals surface area contributed by atoms with Crippen LogP contribution in [0.5, 0.6) is 0 Å². The van der Waals surface area contributed by atoms with Gasteiger partial charge >= 0.3 is 0 Å². The lowest BCUT2D eigenvalue weighted by atomic mass is 9.83. The number of rotatable bonds is 5. The van der Waals surface area contributed by atoms with Crippen LogP contribution in [0.1, 0.15) is 76.4 Å². The van der Waals surface area contributed by atoms with Crippen LogP contribution in [0.15, 0.2) is 4.52 Å². The van der Waals surface area contributed by atoms with E-state index in [1.807, 2.05) is 7.05 Å². The highest BCUT2D eigenvalue weighted by Gasteiger charge is 2.27. The third-order valence-electron chi connectivity index (χ3n) is 4.65. The summed E-state index contributed by atoms with van der Waals surface area (Å²) in [5.41, 5.74) is 0. The number of hydrogen-bond donors (Lipinski definition) is 1. The molecular formula is C15H27N3O. The van der Waals surface area contributed by atoms with Crippen LogP contribution in [-0.4, -0.2) is 23.2 Å². The third-order valence-corrected chi connectivity index (χ3v) is 4.65. The minimum absolute atomic E-state index is 0.314. The van der Waals surface area contributed by atoms with E-state index in [9.17, 15) is 0 Å². The van der Waals surface area contributed by atoms with Crippen molar-refractivity contribution < 1.29 is 4.52 Å². The first-order valence-electron chi connectivity index (χ1n) is 7.66. The largest absolute Gasteiger partial charge is 0.339 e. The molecule has 4 heteroatoms. The second-order valence-electron chi connectivity index (χ2n) is 6.04. The monoisotopic (exact) mass is 265 g/mol. The van der Waals surface area contributed by atoms with Gasteiger partial charge in [0.2, 0.25) is 5.89 Å². The maximum absolute atomic E-state index is 5.52. The standard InChI is InChI=1S/C15H27N3O/c1-5-13(11(3)16-4)15-17-14(18-19-15)12-8-6-10(2)7-9-12/h10-13,16H,5-9H2,1-4H3. The van der Waals surface area contributed by atoms with Crippen molar-refractivity contribution in [1.29, 1.82) is 0 Å². The molecule has 2 unspecified atom stereocenters. The van der Waals surface area contributed by atoms with E-state index in [0.717, 1.165) is 24.1 Å². The van der Waals surface area contributed by atoms with E-state index in [0.29, 0.717) is 17.9 Å². The van der Waals surface area contributed by atoms with Crippen LogP contribution in [-0.2, 0) is 0 Å². The Kier molecular flexibility index (Phi) is 4.97. The Morgan fingerprint density at radius 2 is 2.00 bits per heavy atom. The Hall–Kier alpha value is -0.900. The average molecular weight is 265 g/mol. The highest BCUT2D eigenvalue weighted by atomic mass is 16.5. The predicted octanol–water partition coefficient (Wildman–Crippen LogP) is 3.46. The molecule has 1 saturated carbocycles. The minimum Gasteiger partial charge on any atom is -0.339 e. The van der Waals surface area contributed by atoms with Crippen molar-refractivity contribution >= 4 is 0 Å². The van der Waals surface area contributed by atoms with E-state index >= 15 is 0 Å². The van der Waals surface area contributed by atoms with Gasteiger partial charge in [-0.15, -0.1) is 0 Å². The Bertz CT molecular complexity index is 382. The molecule has 0 saturated heterocycles. The van der Waals surface area contributed by atoms with Crippen LogP contribution in [0.4, 0.5) is 0 Å². The number of nitrogens with one attached hydrogen (secondary N) is 1. The Morgan fingerprint density at radius 1 is 1.32 bits per heavy atom. The fraction of sp³-hybridized carbons (Fsp3) is 0.867. The lowest BCUT2D eigenvalue weighted by Crippen LogP contribution is -2.28. The molecule has 2 rings (SSSR count). The molecule has 0 aliphatic heterocycles. The van der Waals surface area contributed by atoms with Gasteiger partial charge in [-0.1, -0.05) is 31.8 Å². The molecule has 0 radical (unpaired) electrons. The molecular weight excluding hydrogens is 238 g/mol. The number of likely N-dealkylation sites (N-methyl/N-ethyl adjacent to an activating group) is 1. The Labute approximate surface area is 116 Å². The first-order chi connectivity index (χ1) is 9.15. The predicted molar refractivity (Wildman–Crippen MR) is 76.2 cm³/mol.